The van der Waals surface area contributed by atoms with Crippen LogP contribution >= 0.6 is 11.6 Å². The summed E-state index contributed by atoms with van der Waals surface area (Å²) in [7, 11) is 0. The van der Waals surface area contributed by atoms with Gasteiger partial charge in [0.1, 0.15) is 0 Å². The number of aromatic nitrogens is 2. The number of benzene rings is 1. The standard InChI is InChI=1S/C17H19ClN4O/c1-11-9-12(2)21-17(20-11)19-7-5-16(23)22-8-6-13-10-14(18)3-4-15(13)22/h3-4,9-10H,5-8H2,1-2H3,(H,19,20,21). The number of rotatable bonds is 4. The average molecular weight is 331 g/mol. The summed E-state index contributed by atoms with van der Waals surface area (Å²) in [5, 5.41) is 3.84. The maximum Gasteiger partial charge on any atom is 0.228 e. The van der Waals surface area contributed by atoms with Crippen LogP contribution in [-0.4, -0.2) is 29.0 Å². The van der Waals surface area contributed by atoms with E-state index in [-0.39, 0.29) is 5.91 Å². The highest BCUT2D eigenvalue weighted by Gasteiger charge is 2.24. The molecular formula is C17H19ClN4O. The molecule has 1 aromatic heterocycles. The zero-order chi connectivity index (χ0) is 16.4. The van der Waals surface area contributed by atoms with Crippen molar-refractivity contribution in [3.8, 4) is 0 Å². The summed E-state index contributed by atoms with van der Waals surface area (Å²) in [6.45, 7) is 5.09. The summed E-state index contributed by atoms with van der Waals surface area (Å²) < 4.78 is 0. The Bertz CT molecular complexity index is 727. The first-order chi connectivity index (χ1) is 11.0. The SMILES string of the molecule is Cc1cc(C)nc(NCCC(=O)N2CCc3cc(Cl)ccc32)n1. The first-order valence-electron chi connectivity index (χ1n) is 7.68. The molecule has 1 amide bonds. The maximum absolute atomic E-state index is 12.4. The van der Waals surface area contributed by atoms with Gasteiger partial charge in [-0.05, 0) is 50.1 Å². The number of halogens is 1. The largest absolute Gasteiger partial charge is 0.354 e. The van der Waals surface area contributed by atoms with Crippen molar-refractivity contribution < 1.29 is 4.79 Å². The van der Waals surface area contributed by atoms with Crippen LogP contribution in [0.15, 0.2) is 24.3 Å². The Morgan fingerprint density at radius 3 is 2.74 bits per heavy atom. The molecule has 1 aliphatic heterocycles. The van der Waals surface area contributed by atoms with E-state index < -0.39 is 0 Å². The van der Waals surface area contributed by atoms with Crippen LogP contribution in [0.25, 0.3) is 0 Å². The van der Waals surface area contributed by atoms with Crippen molar-refractivity contribution in [3.05, 3.63) is 46.2 Å². The highest BCUT2D eigenvalue weighted by Crippen LogP contribution is 2.30. The zero-order valence-corrected chi connectivity index (χ0v) is 14.0. The smallest absolute Gasteiger partial charge is 0.228 e. The van der Waals surface area contributed by atoms with Gasteiger partial charge in [0.15, 0.2) is 0 Å². The Kier molecular flexibility index (Phi) is 4.48. The number of anilines is 2. The van der Waals surface area contributed by atoms with Crippen molar-refractivity contribution in [2.75, 3.05) is 23.3 Å². The van der Waals surface area contributed by atoms with Gasteiger partial charge in [-0.1, -0.05) is 11.6 Å². The van der Waals surface area contributed by atoms with Gasteiger partial charge < -0.3 is 10.2 Å². The molecule has 0 unspecified atom stereocenters. The van der Waals surface area contributed by atoms with E-state index in [1.54, 1.807) is 0 Å². The Balaban J connectivity index is 1.59. The molecule has 23 heavy (non-hydrogen) atoms. The van der Waals surface area contributed by atoms with Gasteiger partial charge in [0.2, 0.25) is 11.9 Å². The first-order valence-corrected chi connectivity index (χ1v) is 8.05. The molecule has 120 valence electrons. The molecule has 2 aromatic rings. The van der Waals surface area contributed by atoms with Crippen LogP contribution in [0.2, 0.25) is 5.02 Å². The summed E-state index contributed by atoms with van der Waals surface area (Å²) in [5.41, 5.74) is 3.94. The number of hydrogen-bond donors (Lipinski definition) is 1. The second kappa shape index (κ2) is 6.54. The van der Waals surface area contributed by atoms with Crippen molar-refractivity contribution in [1.29, 1.82) is 0 Å². The number of carbonyl (C=O) groups excluding carboxylic acids is 1. The van der Waals surface area contributed by atoms with Crippen molar-refractivity contribution >= 4 is 29.1 Å². The van der Waals surface area contributed by atoms with E-state index in [0.29, 0.717) is 30.5 Å². The summed E-state index contributed by atoms with van der Waals surface area (Å²) in [6, 6.07) is 7.60. The molecule has 0 aliphatic carbocycles. The van der Waals surface area contributed by atoms with Crippen molar-refractivity contribution in [3.63, 3.8) is 0 Å². The minimum atomic E-state index is 0.1000. The number of hydrogen-bond acceptors (Lipinski definition) is 4. The molecule has 0 saturated carbocycles. The molecule has 1 aliphatic rings. The average Bonchev–Trinajstić information content (AvgIpc) is 2.89. The Labute approximate surface area is 140 Å². The Morgan fingerprint density at radius 2 is 2.00 bits per heavy atom. The minimum Gasteiger partial charge on any atom is -0.354 e. The van der Waals surface area contributed by atoms with Crippen LogP contribution in [-0.2, 0) is 11.2 Å². The number of amides is 1. The fraction of sp³-hybridized carbons (Fsp3) is 0.353. The summed E-state index contributed by atoms with van der Waals surface area (Å²) in [6.07, 6.45) is 1.26. The van der Waals surface area contributed by atoms with Gasteiger partial charge in [-0.15, -0.1) is 0 Å². The van der Waals surface area contributed by atoms with Crippen LogP contribution in [0.3, 0.4) is 0 Å². The molecule has 0 bridgehead atoms. The highest BCUT2D eigenvalue weighted by molar-refractivity contribution is 6.30. The minimum absolute atomic E-state index is 0.1000. The molecule has 1 aromatic carbocycles. The third-order valence-electron chi connectivity index (χ3n) is 3.84. The predicted octanol–water partition coefficient (Wildman–Crippen LogP) is 3.14. The van der Waals surface area contributed by atoms with Crippen molar-refractivity contribution in [1.82, 2.24) is 9.97 Å². The molecule has 3 rings (SSSR count). The molecular weight excluding hydrogens is 312 g/mol. The third-order valence-corrected chi connectivity index (χ3v) is 4.08. The lowest BCUT2D eigenvalue weighted by molar-refractivity contribution is -0.118. The quantitative estimate of drug-likeness (QED) is 0.935. The maximum atomic E-state index is 12.4. The van der Waals surface area contributed by atoms with E-state index in [0.717, 1.165) is 29.1 Å². The number of fused-ring (bicyclic) bond motifs is 1. The van der Waals surface area contributed by atoms with E-state index >= 15 is 0 Å². The van der Waals surface area contributed by atoms with E-state index in [9.17, 15) is 4.79 Å². The van der Waals surface area contributed by atoms with Crippen LogP contribution in [0.5, 0.6) is 0 Å². The van der Waals surface area contributed by atoms with E-state index in [2.05, 4.69) is 15.3 Å². The molecule has 0 radical (unpaired) electrons. The lowest BCUT2D eigenvalue weighted by Gasteiger charge is -2.17. The zero-order valence-electron chi connectivity index (χ0n) is 13.3. The summed E-state index contributed by atoms with van der Waals surface area (Å²) >= 11 is 6.00. The van der Waals surface area contributed by atoms with Crippen LogP contribution in [0.1, 0.15) is 23.4 Å². The van der Waals surface area contributed by atoms with Gasteiger partial charge in [-0.3, -0.25) is 4.79 Å². The molecule has 0 saturated heterocycles. The van der Waals surface area contributed by atoms with E-state index in [4.69, 9.17) is 11.6 Å². The molecule has 5 nitrogen and oxygen atoms in total. The van der Waals surface area contributed by atoms with Crippen molar-refractivity contribution in [2.45, 2.75) is 26.7 Å². The molecule has 6 heteroatoms. The summed E-state index contributed by atoms with van der Waals surface area (Å²) in [4.78, 5) is 22.9. The normalized spacial score (nSPS) is 13.1. The van der Waals surface area contributed by atoms with Gasteiger partial charge >= 0.3 is 0 Å². The van der Waals surface area contributed by atoms with Gasteiger partial charge in [-0.2, -0.15) is 0 Å². The number of carbonyl (C=O) groups is 1. The Hall–Kier alpha value is -2.14. The predicted molar refractivity (Wildman–Crippen MR) is 92.1 cm³/mol. The second-order valence-electron chi connectivity index (χ2n) is 5.72. The monoisotopic (exact) mass is 330 g/mol. The Morgan fingerprint density at radius 1 is 1.26 bits per heavy atom. The molecule has 1 N–H and O–H groups in total. The fourth-order valence-corrected chi connectivity index (χ4v) is 3.05. The number of nitrogens with one attached hydrogen (secondary N) is 1. The fourth-order valence-electron chi connectivity index (χ4n) is 2.85. The van der Waals surface area contributed by atoms with Gasteiger partial charge in [0, 0.05) is 41.6 Å². The first kappa shape index (κ1) is 15.7. The topological polar surface area (TPSA) is 58.1 Å². The van der Waals surface area contributed by atoms with Crippen LogP contribution < -0.4 is 10.2 Å². The number of aryl methyl sites for hydroxylation is 2. The van der Waals surface area contributed by atoms with Gasteiger partial charge in [-0.25, -0.2) is 9.97 Å². The second-order valence-corrected chi connectivity index (χ2v) is 6.16. The molecule has 0 fully saturated rings. The molecule has 0 spiro atoms. The van der Waals surface area contributed by atoms with Crippen LogP contribution in [0, 0.1) is 13.8 Å². The van der Waals surface area contributed by atoms with E-state index in [1.165, 1.54) is 0 Å². The van der Waals surface area contributed by atoms with Crippen molar-refractivity contribution in [2.24, 2.45) is 0 Å². The molecule has 2 heterocycles. The lowest BCUT2D eigenvalue weighted by Crippen LogP contribution is -2.30. The van der Waals surface area contributed by atoms with E-state index in [1.807, 2.05) is 43.0 Å². The highest BCUT2D eigenvalue weighted by atomic mass is 35.5. The summed E-state index contributed by atoms with van der Waals surface area (Å²) in [5.74, 6) is 0.673. The number of nitrogens with zero attached hydrogens (tertiary/aromatic N) is 3. The van der Waals surface area contributed by atoms with Crippen LogP contribution in [0.4, 0.5) is 11.6 Å². The lowest BCUT2D eigenvalue weighted by atomic mass is 10.2. The molecule has 0 atom stereocenters. The van der Waals surface area contributed by atoms with Gasteiger partial charge in [0.05, 0.1) is 0 Å². The van der Waals surface area contributed by atoms with Gasteiger partial charge in [0.25, 0.3) is 0 Å². The third kappa shape index (κ3) is 3.62.